The molecule has 1 fully saturated rings. The number of likely N-dealkylation sites (tertiary alicyclic amines) is 1. The third-order valence-corrected chi connectivity index (χ3v) is 2.64. The van der Waals surface area contributed by atoms with E-state index < -0.39 is 17.0 Å². The van der Waals surface area contributed by atoms with Crippen LogP contribution in [0.25, 0.3) is 0 Å². The Labute approximate surface area is 95.4 Å². The molecule has 0 spiro atoms. The van der Waals surface area contributed by atoms with Gasteiger partial charge in [0.05, 0.1) is 5.25 Å². The minimum absolute atomic E-state index is 0.319. The van der Waals surface area contributed by atoms with Crippen LogP contribution in [0.4, 0.5) is 9.18 Å². The van der Waals surface area contributed by atoms with Gasteiger partial charge >= 0.3 is 6.09 Å². The Kier molecular flexibility index (Phi) is 3.87. The number of hydrogen-bond acceptors (Lipinski definition) is 3. The lowest BCUT2D eigenvalue weighted by atomic mass is 10.1. The Balaban J connectivity index is 2.48. The minimum atomic E-state index is -0.924. The van der Waals surface area contributed by atoms with Gasteiger partial charge in [-0.1, -0.05) is 0 Å². The summed E-state index contributed by atoms with van der Waals surface area (Å²) in [7, 11) is 0. The van der Waals surface area contributed by atoms with Gasteiger partial charge in [-0.05, 0) is 27.2 Å². The van der Waals surface area contributed by atoms with E-state index in [1.807, 2.05) is 20.8 Å². The zero-order valence-corrected chi connectivity index (χ0v) is 10.3. The zero-order chi connectivity index (χ0) is 11.6. The summed E-state index contributed by atoms with van der Waals surface area (Å²) in [5.74, 6) is 0. The van der Waals surface area contributed by atoms with Crippen LogP contribution in [-0.4, -0.2) is 41.1 Å². The molecule has 1 heterocycles. The number of nitrogens with zero attached hydrogens (tertiary/aromatic N) is 1. The van der Waals surface area contributed by atoms with Crippen LogP contribution in [0, 0.1) is 0 Å². The van der Waals surface area contributed by atoms with Crippen molar-refractivity contribution in [1.82, 2.24) is 4.90 Å². The van der Waals surface area contributed by atoms with Crippen LogP contribution in [-0.2, 0) is 4.74 Å². The maximum absolute atomic E-state index is 13.1. The monoisotopic (exact) mass is 235 g/mol. The number of halogens is 1. The second-order valence-electron chi connectivity index (χ2n) is 4.80. The highest BCUT2D eigenvalue weighted by atomic mass is 32.1. The van der Waals surface area contributed by atoms with Crippen LogP contribution in [0.15, 0.2) is 0 Å². The highest BCUT2D eigenvalue weighted by Gasteiger charge is 2.31. The Morgan fingerprint density at radius 2 is 2.13 bits per heavy atom. The second-order valence-corrected chi connectivity index (χ2v) is 5.46. The lowest BCUT2D eigenvalue weighted by molar-refractivity contribution is 0.0177. The molecule has 2 atom stereocenters. The lowest BCUT2D eigenvalue weighted by Crippen LogP contribution is -2.47. The summed E-state index contributed by atoms with van der Waals surface area (Å²) in [6.45, 7) is 6.16. The van der Waals surface area contributed by atoms with Gasteiger partial charge in [-0.15, -0.1) is 0 Å². The molecule has 0 bridgehead atoms. The largest absolute Gasteiger partial charge is 0.444 e. The van der Waals surface area contributed by atoms with Gasteiger partial charge in [-0.25, -0.2) is 9.18 Å². The molecular formula is C10H18FNO2S. The summed E-state index contributed by atoms with van der Waals surface area (Å²) in [5, 5.41) is -0.397. The van der Waals surface area contributed by atoms with Crippen LogP contribution >= 0.6 is 12.6 Å². The molecule has 0 saturated carbocycles. The summed E-state index contributed by atoms with van der Waals surface area (Å²) in [4.78, 5) is 13.1. The van der Waals surface area contributed by atoms with Crippen molar-refractivity contribution >= 4 is 18.7 Å². The fourth-order valence-corrected chi connectivity index (χ4v) is 1.74. The minimum Gasteiger partial charge on any atom is -0.444 e. The average molecular weight is 235 g/mol. The number of alkyl halides is 1. The number of hydrogen-bond donors (Lipinski definition) is 1. The van der Waals surface area contributed by atoms with Crippen LogP contribution < -0.4 is 0 Å². The van der Waals surface area contributed by atoms with Gasteiger partial charge in [-0.3, -0.25) is 0 Å². The van der Waals surface area contributed by atoms with Crippen LogP contribution in [0.3, 0.4) is 0 Å². The van der Waals surface area contributed by atoms with Crippen molar-refractivity contribution in [3.8, 4) is 0 Å². The summed E-state index contributed by atoms with van der Waals surface area (Å²) in [6.07, 6.45) is -0.964. The van der Waals surface area contributed by atoms with Crippen LogP contribution in [0.5, 0.6) is 0 Å². The molecule has 0 radical (unpaired) electrons. The van der Waals surface area contributed by atoms with Gasteiger partial charge in [0.25, 0.3) is 0 Å². The van der Waals surface area contributed by atoms with Gasteiger partial charge < -0.3 is 9.64 Å². The van der Waals surface area contributed by atoms with E-state index >= 15 is 0 Å². The molecule has 1 amide bonds. The molecule has 0 N–H and O–H groups in total. The van der Waals surface area contributed by atoms with Crippen molar-refractivity contribution in [2.24, 2.45) is 0 Å². The van der Waals surface area contributed by atoms with E-state index in [9.17, 15) is 9.18 Å². The number of carbonyl (C=O) groups is 1. The van der Waals surface area contributed by atoms with E-state index in [-0.39, 0.29) is 6.09 Å². The van der Waals surface area contributed by atoms with Crippen molar-refractivity contribution in [2.75, 3.05) is 13.1 Å². The Bertz CT molecular complexity index is 242. The molecule has 0 aromatic carbocycles. The van der Waals surface area contributed by atoms with Crippen LogP contribution in [0.1, 0.15) is 27.2 Å². The fraction of sp³-hybridized carbons (Fsp3) is 0.900. The van der Waals surface area contributed by atoms with Crippen molar-refractivity contribution in [3.63, 3.8) is 0 Å². The standard InChI is InChI=1S/C10H18FNO2S/c1-10(2,3)14-9(13)12-5-4-7(11)8(15)6-12/h7-8,15H,4-6H2,1-3H3/t7-,8+/m1/s1. The first-order chi connectivity index (χ1) is 6.79. The third kappa shape index (κ3) is 3.89. The third-order valence-electron chi connectivity index (χ3n) is 2.15. The maximum Gasteiger partial charge on any atom is 0.410 e. The Morgan fingerprint density at radius 1 is 1.53 bits per heavy atom. The quantitative estimate of drug-likeness (QED) is 0.653. The smallest absolute Gasteiger partial charge is 0.410 e. The molecule has 15 heavy (non-hydrogen) atoms. The molecule has 88 valence electrons. The summed E-state index contributed by atoms with van der Waals surface area (Å²) in [6, 6.07) is 0. The SMILES string of the molecule is CC(C)(C)OC(=O)N1CC[C@@H](F)[C@@H](S)C1. The molecule has 5 heteroatoms. The average Bonchev–Trinajstić information content (AvgIpc) is 2.06. The molecule has 0 aromatic heterocycles. The van der Waals surface area contributed by atoms with Gasteiger partial charge in [0.1, 0.15) is 11.8 Å². The summed E-state index contributed by atoms with van der Waals surface area (Å²) in [5.41, 5.74) is -0.504. The number of rotatable bonds is 0. The van der Waals surface area contributed by atoms with E-state index in [1.54, 1.807) is 0 Å². The topological polar surface area (TPSA) is 29.5 Å². The molecule has 1 aliphatic rings. The van der Waals surface area contributed by atoms with Gasteiger partial charge in [-0.2, -0.15) is 12.6 Å². The second kappa shape index (κ2) is 4.60. The maximum atomic E-state index is 13.1. The fourth-order valence-electron chi connectivity index (χ4n) is 1.40. The normalized spacial score (nSPS) is 27.7. The number of carbonyl (C=O) groups excluding carboxylic acids is 1. The van der Waals surface area contributed by atoms with Gasteiger partial charge in [0.2, 0.25) is 0 Å². The van der Waals surface area contributed by atoms with E-state index in [0.717, 1.165) is 0 Å². The first-order valence-electron chi connectivity index (χ1n) is 5.09. The van der Waals surface area contributed by atoms with Gasteiger partial charge in [0, 0.05) is 13.1 Å². The number of amides is 1. The molecule has 1 rings (SSSR count). The number of thiol groups is 1. The summed E-state index contributed by atoms with van der Waals surface area (Å²) >= 11 is 4.10. The predicted octanol–water partition coefficient (Wildman–Crippen LogP) is 2.26. The lowest BCUT2D eigenvalue weighted by Gasteiger charge is -2.34. The molecular weight excluding hydrogens is 217 g/mol. The van der Waals surface area contributed by atoms with Crippen molar-refractivity contribution in [1.29, 1.82) is 0 Å². The van der Waals surface area contributed by atoms with Crippen molar-refractivity contribution in [3.05, 3.63) is 0 Å². The highest BCUT2D eigenvalue weighted by molar-refractivity contribution is 7.81. The van der Waals surface area contributed by atoms with Crippen molar-refractivity contribution < 1.29 is 13.9 Å². The zero-order valence-electron chi connectivity index (χ0n) is 9.36. The predicted molar refractivity (Wildman–Crippen MR) is 60.1 cm³/mol. The molecule has 3 nitrogen and oxygen atoms in total. The molecule has 0 aliphatic carbocycles. The van der Waals surface area contributed by atoms with E-state index in [2.05, 4.69) is 12.6 Å². The van der Waals surface area contributed by atoms with Crippen molar-refractivity contribution in [2.45, 2.75) is 44.2 Å². The van der Waals surface area contributed by atoms with E-state index in [4.69, 9.17) is 4.74 Å². The molecule has 1 aliphatic heterocycles. The van der Waals surface area contributed by atoms with E-state index in [1.165, 1.54) is 4.90 Å². The Morgan fingerprint density at radius 3 is 2.60 bits per heavy atom. The van der Waals surface area contributed by atoms with Gasteiger partial charge in [0.15, 0.2) is 0 Å². The number of piperidine rings is 1. The highest BCUT2D eigenvalue weighted by Crippen LogP contribution is 2.20. The number of ether oxygens (including phenoxy) is 1. The van der Waals surface area contributed by atoms with Crippen LogP contribution in [0.2, 0.25) is 0 Å². The molecule has 0 aromatic rings. The summed E-state index contributed by atoms with van der Waals surface area (Å²) < 4.78 is 18.3. The molecule has 1 saturated heterocycles. The Hall–Kier alpha value is -0.450. The first-order valence-corrected chi connectivity index (χ1v) is 5.61. The first kappa shape index (κ1) is 12.6. The van der Waals surface area contributed by atoms with E-state index in [0.29, 0.717) is 19.5 Å². The molecule has 0 unspecified atom stereocenters.